The molecule has 2 nitrogen and oxygen atoms in total. The maximum absolute atomic E-state index is 9.57. The standard InChI is InChI=1S/C9H16O2S/c10-8-1-6-12-9(7-8)2-4-11-5-3-9/h8,10H,1-7H2. The summed E-state index contributed by atoms with van der Waals surface area (Å²) in [6.45, 7) is 1.78. The third-order valence-electron chi connectivity index (χ3n) is 2.87. The molecule has 1 unspecified atom stereocenters. The van der Waals surface area contributed by atoms with Crippen molar-refractivity contribution < 1.29 is 9.84 Å². The molecule has 1 spiro atoms. The van der Waals surface area contributed by atoms with Gasteiger partial charge in [-0.25, -0.2) is 0 Å². The van der Waals surface area contributed by atoms with E-state index in [1.165, 1.54) is 0 Å². The summed E-state index contributed by atoms with van der Waals surface area (Å²) in [5.74, 6) is 1.13. The van der Waals surface area contributed by atoms with Crippen LogP contribution in [0.1, 0.15) is 25.7 Å². The quantitative estimate of drug-likeness (QED) is 0.623. The Balaban J connectivity index is 1.97. The van der Waals surface area contributed by atoms with Gasteiger partial charge >= 0.3 is 0 Å². The second-order valence-corrected chi connectivity index (χ2v) is 5.35. The van der Waals surface area contributed by atoms with Crippen LogP contribution in [0.25, 0.3) is 0 Å². The van der Waals surface area contributed by atoms with E-state index in [1.807, 2.05) is 0 Å². The van der Waals surface area contributed by atoms with Crippen molar-refractivity contribution in [1.29, 1.82) is 0 Å². The highest BCUT2D eigenvalue weighted by molar-refractivity contribution is 8.00. The summed E-state index contributed by atoms with van der Waals surface area (Å²) in [5.41, 5.74) is 0. The van der Waals surface area contributed by atoms with Crippen LogP contribution in [-0.2, 0) is 4.74 Å². The van der Waals surface area contributed by atoms with Crippen LogP contribution in [0.15, 0.2) is 0 Å². The van der Waals surface area contributed by atoms with Gasteiger partial charge in [0.1, 0.15) is 0 Å². The average molecular weight is 188 g/mol. The molecule has 0 saturated carbocycles. The normalized spacial score (nSPS) is 35.2. The molecule has 2 aliphatic rings. The smallest absolute Gasteiger partial charge is 0.0561 e. The molecule has 0 bridgehead atoms. The van der Waals surface area contributed by atoms with Gasteiger partial charge in [0, 0.05) is 18.0 Å². The fourth-order valence-electron chi connectivity index (χ4n) is 2.09. The Morgan fingerprint density at radius 2 is 2.08 bits per heavy atom. The zero-order valence-corrected chi connectivity index (χ0v) is 8.11. The van der Waals surface area contributed by atoms with Gasteiger partial charge in [0.05, 0.1) is 6.10 Å². The number of hydrogen-bond donors (Lipinski definition) is 1. The molecule has 0 aromatic heterocycles. The molecule has 2 aliphatic heterocycles. The van der Waals surface area contributed by atoms with Gasteiger partial charge in [0.15, 0.2) is 0 Å². The van der Waals surface area contributed by atoms with E-state index in [0.29, 0.717) is 4.75 Å². The lowest BCUT2D eigenvalue weighted by Crippen LogP contribution is -2.40. The first kappa shape index (κ1) is 8.85. The van der Waals surface area contributed by atoms with Gasteiger partial charge in [-0.2, -0.15) is 11.8 Å². The predicted octanol–water partition coefficient (Wildman–Crippen LogP) is 1.42. The molecule has 2 saturated heterocycles. The summed E-state index contributed by atoms with van der Waals surface area (Å²) in [6, 6.07) is 0. The number of ether oxygens (including phenoxy) is 1. The van der Waals surface area contributed by atoms with Crippen LogP contribution in [0, 0.1) is 0 Å². The summed E-state index contributed by atoms with van der Waals surface area (Å²) < 4.78 is 5.71. The lowest BCUT2D eigenvalue weighted by molar-refractivity contribution is 0.0531. The second kappa shape index (κ2) is 3.56. The van der Waals surface area contributed by atoms with Crippen LogP contribution in [0.2, 0.25) is 0 Å². The zero-order chi connectivity index (χ0) is 8.44. The Labute approximate surface area is 77.7 Å². The molecule has 2 rings (SSSR count). The SMILES string of the molecule is OC1CCSC2(CCOCC2)C1. The number of aliphatic hydroxyl groups is 1. The van der Waals surface area contributed by atoms with E-state index in [-0.39, 0.29) is 6.10 Å². The van der Waals surface area contributed by atoms with E-state index >= 15 is 0 Å². The highest BCUT2D eigenvalue weighted by Crippen LogP contribution is 2.43. The van der Waals surface area contributed by atoms with E-state index in [0.717, 1.165) is 44.6 Å². The monoisotopic (exact) mass is 188 g/mol. The van der Waals surface area contributed by atoms with E-state index in [2.05, 4.69) is 11.8 Å². The van der Waals surface area contributed by atoms with E-state index < -0.39 is 0 Å². The van der Waals surface area contributed by atoms with Crippen LogP contribution in [0.4, 0.5) is 0 Å². The van der Waals surface area contributed by atoms with Crippen LogP contribution in [0.5, 0.6) is 0 Å². The number of aliphatic hydroxyl groups excluding tert-OH is 1. The van der Waals surface area contributed by atoms with Crippen LogP contribution >= 0.6 is 11.8 Å². The molecular formula is C9H16O2S. The van der Waals surface area contributed by atoms with Gasteiger partial charge in [-0.05, 0) is 31.4 Å². The minimum absolute atomic E-state index is 0.0515. The van der Waals surface area contributed by atoms with E-state index in [1.54, 1.807) is 0 Å². The van der Waals surface area contributed by atoms with Crippen LogP contribution in [-0.4, -0.2) is 34.9 Å². The molecule has 3 heteroatoms. The summed E-state index contributed by atoms with van der Waals surface area (Å²) >= 11 is 2.05. The average Bonchev–Trinajstić information content (AvgIpc) is 2.05. The molecule has 0 aliphatic carbocycles. The van der Waals surface area contributed by atoms with Crippen molar-refractivity contribution in [2.75, 3.05) is 19.0 Å². The maximum atomic E-state index is 9.57. The van der Waals surface area contributed by atoms with E-state index in [9.17, 15) is 5.11 Å². The molecule has 0 aromatic carbocycles. The summed E-state index contributed by atoms with van der Waals surface area (Å²) in [6.07, 6.45) is 4.18. The van der Waals surface area contributed by atoms with Crippen molar-refractivity contribution in [1.82, 2.24) is 0 Å². The van der Waals surface area contributed by atoms with Gasteiger partial charge in [-0.1, -0.05) is 0 Å². The van der Waals surface area contributed by atoms with Gasteiger partial charge in [0.25, 0.3) is 0 Å². The number of thioether (sulfide) groups is 1. The zero-order valence-electron chi connectivity index (χ0n) is 7.29. The molecule has 1 N–H and O–H groups in total. The van der Waals surface area contributed by atoms with E-state index in [4.69, 9.17) is 4.74 Å². The Kier molecular flexibility index (Phi) is 2.63. The molecule has 2 heterocycles. The van der Waals surface area contributed by atoms with Crippen molar-refractivity contribution in [2.24, 2.45) is 0 Å². The third-order valence-corrected chi connectivity index (χ3v) is 4.50. The lowest BCUT2D eigenvalue weighted by atomic mass is 9.91. The maximum Gasteiger partial charge on any atom is 0.0561 e. The Bertz CT molecular complexity index is 149. The Morgan fingerprint density at radius 3 is 2.75 bits per heavy atom. The molecule has 0 amide bonds. The summed E-state index contributed by atoms with van der Waals surface area (Å²) in [4.78, 5) is 0. The third kappa shape index (κ3) is 1.78. The largest absolute Gasteiger partial charge is 0.393 e. The topological polar surface area (TPSA) is 29.5 Å². The minimum Gasteiger partial charge on any atom is -0.393 e. The van der Waals surface area contributed by atoms with Crippen LogP contribution < -0.4 is 0 Å². The van der Waals surface area contributed by atoms with Crippen molar-refractivity contribution in [2.45, 2.75) is 36.5 Å². The Morgan fingerprint density at radius 1 is 1.33 bits per heavy atom. The Hall–Kier alpha value is 0.270. The summed E-state index contributed by atoms with van der Waals surface area (Å²) in [7, 11) is 0. The number of rotatable bonds is 0. The molecule has 12 heavy (non-hydrogen) atoms. The van der Waals surface area contributed by atoms with Gasteiger partial charge in [0.2, 0.25) is 0 Å². The van der Waals surface area contributed by atoms with Crippen LogP contribution in [0.3, 0.4) is 0 Å². The molecule has 70 valence electrons. The minimum atomic E-state index is -0.0515. The second-order valence-electron chi connectivity index (χ2n) is 3.79. The fraction of sp³-hybridized carbons (Fsp3) is 1.00. The molecular weight excluding hydrogens is 172 g/mol. The molecule has 0 aromatic rings. The van der Waals surface area contributed by atoms with Gasteiger partial charge < -0.3 is 9.84 Å². The van der Waals surface area contributed by atoms with Crippen molar-refractivity contribution in [3.8, 4) is 0 Å². The molecule has 1 atom stereocenters. The highest BCUT2D eigenvalue weighted by Gasteiger charge is 2.37. The molecule has 2 fully saturated rings. The fourth-order valence-corrected chi connectivity index (χ4v) is 3.68. The highest BCUT2D eigenvalue weighted by atomic mass is 32.2. The van der Waals surface area contributed by atoms with Crippen molar-refractivity contribution in [3.63, 3.8) is 0 Å². The predicted molar refractivity (Wildman–Crippen MR) is 50.5 cm³/mol. The first-order chi connectivity index (χ1) is 5.81. The lowest BCUT2D eigenvalue weighted by Gasteiger charge is -2.41. The number of hydrogen-bond acceptors (Lipinski definition) is 3. The van der Waals surface area contributed by atoms with Gasteiger partial charge in [-0.15, -0.1) is 0 Å². The molecule has 0 radical (unpaired) electrons. The van der Waals surface area contributed by atoms with Crippen molar-refractivity contribution in [3.05, 3.63) is 0 Å². The first-order valence-corrected chi connectivity index (χ1v) is 5.69. The van der Waals surface area contributed by atoms with Gasteiger partial charge in [-0.3, -0.25) is 0 Å². The summed E-state index contributed by atoms with van der Waals surface area (Å²) in [5, 5.41) is 9.57. The van der Waals surface area contributed by atoms with Crippen molar-refractivity contribution >= 4 is 11.8 Å². The first-order valence-electron chi connectivity index (χ1n) is 4.71.